The van der Waals surface area contributed by atoms with E-state index in [0.29, 0.717) is 12.1 Å². The normalized spacial score (nSPS) is 13.6. The number of fused-ring (bicyclic) bond motifs is 4. The van der Waals surface area contributed by atoms with Crippen molar-refractivity contribution in [3.8, 4) is 5.75 Å². The first-order valence-electron chi connectivity index (χ1n) is 10.1. The Kier molecular flexibility index (Phi) is 4.27. The van der Waals surface area contributed by atoms with Crippen molar-refractivity contribution in [3.05, 3.63) is 76.9 Å². The smallest absolute Gasteiger partial charge is 0.336 e. The molecule has 1 aromatic heterocycles. The Morgan fingerprint density at radius 2 is 1.79 bits per heavy atom. The summed E-state index contributed by atoms with van der Waals surface area (Å²) in [5.74, 6) is -0.0585. The van der Waals surface area contributed by atoms with Gasteiger partial charge < -0.3 is 14.4 Å². The van der Waals surface area contributed by atoms with Crippen molar-refractivity contribution < 1.29 is 14.6 Å². The van der Waals surface area contributed by atoms with Gasteiger partial charge in [-0.1, -0.05) is 36.4 Å². The highest BCUT2D eigenvalue weighted by Crippen LogP contribution is 2.43. The molecule has 0 fully saturated rings. The van der Waals surface area contributed by atoms with Gasteiger partial charge in [-0.05, 0) is 60.6 Å². The first-order chi connectivity index (χ1) is 14.2. The number of benzene rings is 3. The van der Waals surface area contributed by atoms with Crippen LogP contribution in [0.15, 0.2) is 54.6 Å². The minimum atomic E-state index is -0.908. The lowest BCUT2D eigenvalue weighted by atomic mass is 9.89. The summed E-state index contributed by atoms with van der Waals surface area (Å²) in [5, 5.41) is 11.6. The van der Waals surface area contributed by atoms with E-state index in [1.54, 1.807) is 13.2 Å². The van der Waals surface area contributed by atoms with Crippen molar-refractivity contribution in [2.75, 3.05) is 7.11 Å². The van der Waals surface area contributed by atoms with Crippen LogP contribution in [-0.2, 0) is 19.4 Å². The number of hydrogen-bond donors (Lipinski definition) is 1. The summed E-state index contributed by atoms with van der Waals surface area (Å²) in [7, 11) is 1.70. The van der Waals surface area contributed by atoms with E-state index in [4.69, 9.17) is 4.74 Å². The molecule has 0 aliphatic heterocycles. The lowest BCUT2D eigenvalue weighted by Gasteiger charge is -2.20. The summed E-state index contributed by atoms with van der Waals surface area (Å²) in [6.07, 6.45) is 4.35. The Balaban J connectivity index is 1.92. The number of rotatable bonds is 4. The van der Waals surface area contributed by atoms with Gasteiger partial charge in [-0.25, -0.2) is 4.79 Å². The third-order valence-corrected chi connectivity index (χ3v) is 6.07. The Bertz CT molecular complexity index is 1240. The zero-order chi connectivity index (χ0) is 20.0. The Hall–Kier alpha value is -3.27. The number of carbonyl (C=O) groups is 1. The van der Waals surface area contributed by atoms with E-state index in [1.165, 1.54) is 23.1 Å². The van der Waals surface area contributed by atoms with E-state index in [1.807, 2.05) is 30.3 Å². The molecule has 0 radical (unpaired) electrons. The van der Waals surface area contributed by atoms with Crippen LogP contribution in [0.1, 0.15) is 39.9 Å². The van der Waals surface area contributed by atoms with E-state index in [2.05, 4.69) is 22.8 Å². The number of carboxylic acids is 1. The van der Waals surface area contributed by atoms with E-state index >= 15 is 0 Å². The van der Waals surface area contributed by atoms with Crippen LogP contribution < -0.4 is 4.74 Å². The number of hydrogen-bond acceptors (Lipinski definition) is 2. The van der Waals surface area contributed by atoms with Crippen LogP contribution in [0.2, 0.25) is 0 Å². The molecule has 0 saturated carbocycles. The van der Waals surface area contributed by atoms with Gasteiger partial charge in [0.05, 0.1) is 29.1 Å². The predicted octanol–water partition coefficient (Wildman–Crippen LogP) is 5.43. The quantitative estimate of drug-likeness (QED) is 0.510. The molecular weight excluding hydrogens is 362 g/mol. The average Bonchev–Trinajstić information content (AvgIpc) is 3.06. The number of aromatic nitrogens is 1. The zero-order valence-corrected chi connectivity index (χ0v) is 16.4. The Morgan fingerprint density at radius 1 is 1.00 bits per heavy atom. The topological polar surface area (TPSA) is 51.5 Å². The lowest BCUT2D eigenvalue weighted by Crippen LogP contribution is -2.06. The highest BCUT2D eigenvalue weighted by atomic mass is 16.5. The number of aromatic carboxylic acids is 1. The highest BCUT2D eigenvalue weighted by molar-refractivity contribution is 6.19. The molecular formula is C25H23NO3. The molecule has 0 bridgehead atoms. The summed E-state index contributed by atoms with van der Waals surface area (Å²) in [5.41, 5.74) is 6.07. The summed E-state index contributed by atoms with van der Waals surface area (Å²) < 4.78 is 8.17. The average molecular weight is 385 g/mol. The Labute approximate surface area is 169 Å². The maximum Gasteiger partial charge on any atom is 0.336 e. The van der Waals surface area contributed by atoms with E-state index in [9.17, 15) is 9.90 Å². The standard InChI is InChI=1S/C25H23NO3/c1-29-24-18-11-6-5-10-17(18)14-21-23(24)22-19(25(27)28)12-7-13-20(22)26(21)15-16-8-3-2-4-9-16/h2-4,7-9,12-14H,5-6,10-11,15H2,1H3,(H,27,28). The van der Waals surface area contributed by atoms with Gasteiger partial charge in [0.25, 0.3) is 0 Å². The molecule has 0 spiro atoms. The fourth-order valence-electron chi connectivity index (χ4n) is 4.80. The van der Waals surface area contributed by atoms with Gasteiger partial charge in [-0.15, -0.1) is 0 Å². The van der Waals surface area contributed by atoms with E-state index in [-0.39, 0.29) is 0 Å². The second kappa shape index (κ2) is 6.96. The molecule has 1 aliphatic rings. The van der Waals surface area contributed by atoms with Gasteiger partial charge in [0.1, 0.15) is 5.75 Å². The van der Waals surface area contributed by atoms with Crippen LogP contribution in [0.3, 0.4) is 0 Å². The minimum absolute atomic E-state index is 0.327. The van der Waals surface area contributed by atoms with Gasteiger partial charge in [-0.3, -0.25) is 0 Å². The van der Waals surface area contributed by atoms with Gasteiger partial charge in [-0.2, -0.15) is 0 Å². The molecule has 0 amide bonds. The SMILES string of the molecule is COc1c2c(cc3c1c1c(C(=O)O)cccc1n3Cc1ccccc1)CCCC2. The van der Waals surface area contributed by atoms with Crippen LogP contribution in [0.5, 0.6) is 5.75 Å². The summed E-state index contributed by atoms with van der Waals surface area (Å²) in [6.45, 7) is 0.686. The van der Waals surface area contributed by atoms with Crippen LogP contribution in [0.4, 0.5) is 0 Å². The van der Waals surface area contributed by atoms with Crippen molar-refractivity contribution in [1.82, 2.24) is 4.57 Å². The fraction of sp³-hybridized carbons (Fsp3) is 0.240. The van der Waals surface area contributed by atoms with Crippen LogP contribution >= 0.6 is 0 Å². The minimum Gasteiger partial charge on any atom is -0.496 e. The molecule has 0 saturated heterocycles. The molecule has 1 aliphatic carbocycles. The van der Waals surface area contributed by atoms with Crippen LogP contribution in [-0.4, -0.2) is 22.8 Å². The molecule has 4 nitrogen and oxygen atoms in total. The third-order valence-electron chi connectivity index (χ3n) is 6.07. The lowest BCUT2D eigenvalue weighted by molar-refractivity contribution is 0.0699. The molecule has 4 heteroatoms. The summed E-state index contributed by atoms with van der Waals surface area (Å²) >= 11 is 0. The van der Waals surface area contributed by atoms with Crippen molar-refractivity contribution in [1.29, 1.82) is 0 Å². The molecule has 1 heterocycles. The Morgan fingerprint density at radius 3 is 2.55 bits per heavy atom. The molecule has 0 unspecified atom stereocenters. The van der Waals surface area contributed by atoms with Gasteiger partial charge in [0.15, 0.2) is 0 Å². The molecule has 5 rings (SSSR count). The largest absolute Gasteiger partial charge is 0.496 e. The number of nitrogens with zero attached hydrogens (tertiary/aromatic N) is 1. The first-order valence-corrected chi connectivity index (χ1v) is 10.1. The first kappa shape index (κ1) is 17.8. The van der Waals surface area contributed by atoms with Crippen molar-refractivity contribution in [3.63, 3.8) is 0 Å². The molecule has 4 aromatic rings. The van der Waals surface area contributed by atoms with Gasteiger partial charge >= 0.3 is 5.97 Å². The number of carboxylic acid groups (broad SMARTS) is 1. The molecule has 3 aromatic carbocycles. The van der Waals surface area contributed by atoms with E-state index in [0.717, 1.165) is 46.8 Å². The molecule has 1 N–H and O–H groups in total. The number of ether oxygens (including phenoxy) is 1. The van der Waals surface area contributed by atoms with Crippen molar-refractivity contribution in [2.24, 2.45) is 0 Å². The summed E-state index contributed by atoms with van der Waals surface area (Å²) in [6, 6.07) is 18.1. The molecule has 29 heavy (non-hydrogen) atoms. The maximum atomic E-state index is 12.1. The van der Waals surface area contributed by atoms with Crippen LogP contribution in [0, 0.1) is 0 Å². The fourth-order valence-corrected chi connectivity index (χ4v) is 4.80. The number of aryl methyl sites for hydroxylation is 1. The van der Waals surface area contributed by atoms with E-state index < -0.39 is 5.97 Å². The third kappa shape index (κ3) is 2.79. The van der Waals surface area contributed by atoms with Crippen LogP contribution in [0.25, 0.3) is 21.8 Å². The zero-order valence-electron chi connectivity index (χ0n) is 16.4. The monoisotopic (exact) mass is 385 g/mol. The second-order valence-electron chi connectivity index (χ2n) is 7.73. The van der Waals surface area contributed by atoms with Gasteiger partial charge in [0, 0.05) is 11.9 Å². The van der Waals surface area contributed by atoms with Crippen molar-refractivity contribution in [2.45, 2.75) is 32.2 Å². The molecule has 146 valence electrons. The highest BCUT2D eigenvalue weighted by Gasteiger charge is 2.25. The van der Waals surface area contributed by atoms with Gasteiger partial charge in [0.2, 0.25) is 0 Å². The molecule has 0 atom stereocenters. The number of methoxy groups -OCH3 is 1. The predicted molar refractivity (Wildman–Crippen MR) is 115 cm³/mol. The van der Waals surface area contributed by atoms with Crippen molar-refractivity contribution >= 4 is 27.8 Å². The maximum absolute atomic E-state index is 12.1. The second-order valence-corrected chi connectivity index (χ2v) is 7.73. The summed E-state index contributed by atoms with van der Waals surface area (Å²) in [4.78, 5) is 12.1.